The molecule has 1 aromatic heterocycles. The number of thiophene rings is 1. The number of carbonyl (C=O) groups is 1. The molecule has 0 bridgehead atoms. The molecular formula is C13H10FNOS. The van der Waals surface area contributed by atoms with Crippen LogP contribution in [0.15, 0.2) is 24.3 Å². The number of fused-ring (bicyclic) bond motifs is 1. The Hall–Kier alpha value is -1.86. The van der Waals surface area contributed by atoms with E-state index >= 15 is 0 Å². The van der Waals surface area contributed by atoms with Crippen molar-refractivity contribution in [1.82, 2.24) is 5.32 Å². The molecule has 2 nitrogen and oxygen atoms in total. The zero-order chi connectivity index (χ0) is 12.4. The molecule has 0 aliphatic heterocycles. The van der Waals surface area contributed by atoms with Gasteiger partial charge in [-0.15, -0.1) is 17.8 Å². The second kappa shape index (κ2) is 4.56. The van der Waals surface area contributed by atoms with Gasteiger partial charge in [0.25, 0.3) is 5.91 Å². The van der Waals surface area contributed by atoms with Crippen LogP contribution in [0.25, 0.3) is 10.1 Å². The lowest BCUT2D eigenvalue weighted by atomic mass is 10.2. The van der Waals surface area contributed by atoms with Crippen LogP contribution in [-0.2, 0) is 0 Å². The maximum atomic E-state index is 13.0. The second-order valence-corrected chi connectivity index (χ2v) is 4.74. The number of halogens is 1. The van der Waals surface area contributed by atoms with Crippen molar-refractivity contribution in [3.63, 3.8) is 0 Å². The number of rotatable bonds is 2. The third-order valence-corrected chi connectivity index (χ3v) is 3.40. The second-order valence-electron chi connectivity index (χ2n) is 3.65. The highest BCUT2D eigenvalue weighted by Gasteiger charge is 2.11. The summed E-state index contributed by atoms with van der Waals surface area (Å²) in [7, 11) is 0. The summed E-state index contributed by atoms with van der Waals surface area (Å²) >= 11 is 1.25. The highest BCUT2D eigenvalue weighted by Crippen LogP contribution is 2.26. The molecule has 0 spiro atoms. The van der Waals surface area contributed by atoms with Gasteiger partial charge in [-0.1, -0.05) is 12.0 Å². The van der Waals surface area contributed by atoms with E-state index in [1.165, 1.54) is 23.5 Å². The van der Waals surface area contributed by atoms with Crippen molar-refractivity contribution in [1.29, 1.82) is 0 Å². The Morgan fingerprint density at radius 2 is 2.29 bits per heavy atom. The summed E-state index contributed by atoms with van der Waals surface area (Å²) in [5.41, 5.74) is 0. The number of hydrogen-bond donors (Lipinski definition) is 1. The van der Waals surface area contributed by atoms with Gasteiger partial charge in [-0.3, -0.25) is 4.79 Å². The zero-order valence-electron chi connectivity index (χ0n) is 9.16. The predicted molar refractivity (Wildman–Crippen MR) is 67.5 cm³/mol. The van der Waals surface area contributed by atoms with Crippen molar-refractivity contribution in [2.45, 2.75) is 13.0 Å². The Morgan fingerprint density at radius 3 is 3.00 bits per heavy atom. The van der Waals surface area contributed by atoms with Crippen LogP contribution in [0.2, 0.25) is 0 Å². The largest absolute Gasteiger partial charge is 0.338 e. The summed E-state index contributed by atoms with van der Waals surface area (Å²) in [6.07, 6.45) is 5.18. The number of nitrogens with one attached hydrogen (secondary N) is 1. The molecule has 0 saturated heterocycles. The third kappa shape index (κ3) is 2.45. The Kier molecular flexibility index (Phi) is 3.12. The minimum atomic E-state index is -0.315. The average molecular weight is 247 g/mol. The van der Waals surface area contributed by atoms with Crippen LogP contribution < -0.4 is 5.32 Å². The normalized spacial score (nSPS) is 12.1. The SMILES string of the molecule is C#CC(C)NC(=O)c1cc2ccc(F)cc2s1. The zero-order valence-corrected chi connectivity index (χ0v) is 9.98. The lowest BCUT2D eigenvalue weighted by molar-refractivity contribution is 0.0952. The molecule has 0 aliphatic carbocycles. The maximum Gasteiger partial charge on any atom is 0.262 e. The Bertz CT molecular complexity index is 611. The third-order valence-electron chi connectivity index (χ3n) is 2.30. The molecule has 1 aromatic carbocycles. The number of carbonyl (C=O) groups excluding carboxylic acids is 1. The van der Waals surface area contributed by atoms with E-state index in [0.29, 0.717) is 4.88 Å². The van der Waals surface area contributed by atoms with Crippen molar-refractivity contribution in [3.8, 4) is 12.3 Å². The standard InChI is InChI=1S/C13H10FNOS/c1-3-8(2)15-13(16)12-6-9-4-5-10(14)7-11(9)17-12/h1,4-8H,2H3,(H,15,16). The first-order valence-corrected chi connectivity index (χ1v) is 5.88. The quantitative estimate of drug-likeness (QED) is 0.812. The fourth-order valence-electron chi connectivity index (χ4n) is 1.43. The molecule has 4 heteroatoms. The monoisotopic (exact) mass is 247 g/mol. The Morgan fingerprint density at radius 1 is 1.53 bits per heavy atom. The number of benzene rings is 1. The van der Waals surface area contributed by atoms with Crippen LogP contribution in [0, 0.1) is 18.2 Å². The first kappa shape index (κ1) is 11.6. The van der Waals surface area contributed by atoms with Gasteiger partial charge in [-0.2, -0.15) is 0 Å². The van der Waals surface area contributed by atoms with Crippen LogP contribution in [0.4, 0.5) is 4.39 Å². The molecule has 1 amide bonds. The molecule has 17 heavy (non-hydrogen) atoms. The van der Waals surface area contributed by atoms with Gasteiger partial charge in [0.15, 0.2) is 0 Å². The topological polar surface area (TPSA) is 29.1 Å². The summed E-state index contributed by atoms with van der Waals surface area (Å²) in [6.45, 7) is 1.73. The van der Waals surface area contributed by atoms with Crippen molar-refractivity contribution in [2.24, 2.45) is 0 Å². The van der Waals surface area contributed by atoms with Crippen molar-refractivity contribution in [2.75, 3.05) is 0 Å². The highest BCUT2D eigenvalue weighted by molar-refractivity contribution is 7.20. The van der Waals surface area contributed by atoms with E-state index in [-0.39, 0.29) is 17.8 Å². The van der Waals surface area contributed by atoms with Gasteiger partial charge in [0.05, 0.1) is 10.9 Å². The number of terminal acetylenes is 1. The molecule has 0 aliphatic rings. The average Bonchev–Trinajstić information content (AvgIpc) is 2.71. The predicted octanol–water partition coefficient (Wildman–Crippen LogP) is 2.79. The van der Waals surface area contributed by atoms with E-state index in [1.54, 1.807) is 19.1 Å². The molecule has 2 rings (SSSR count). The summed E-state index contributed by atoms with van der Waals surface area (Å²) in [4.78, 5) is 12.3. The van der Waals surface area contributed by atoms with Gasteiger partial charge in [-0.25, -0.2) is 4.39 Å². The Balaban J connectivity index is 2.31. The fraction of sp³-hybridized carbons (Fsp3) is 0.154. The van der Waals surface area contributed by atoms with Crippen LogP contribution in [0.3, 0.4) is 0 Å². The molecule has 0 radical (unpaired) electrons. The van der Waals surface area contributed by atoms with Crippen molar-refractivity contribution >= 4 is 27.3 Å². The first-order valence-electron chi connectivity index (χ1n) is 5.06. The Labute approximate surface area is 102 Å². The fourth-order valence-corrected chi connectivity index (χ4v) is 2.42. The van der Waals surface area contributed by atoms with Gasteiger partial charge < -0.3 is 5.32 Å². The summed E-state index contributed by atoms with van der Waals surface area (Å²) < 4.78 is 13.7. The van der Waals surface area contributed by atoms with E-state index in [9.17, 15) is 9.18 Å². The summed E-state index contributed by atoms with van der Waals surface area (Å²) in [5.74, 6) is 1.89. The van der Waals surface area contributed by atoms with Crippen LogP contribution >= 0.6 is 11.3 Å². The van der Waals surface area contributed by atoms with Gasteiger partial charge in [0.1, 0.15) is 5.82 Å². The highest BCUT2D eigenvalue weighted by atomic mass is 32.1. The van der Waals surface area contributed by atoms with Crippen LogP contribution in [0.5, 0.6) is 0 Å². The molecule has 1 heterocycles. The number of amides is 1. The van der Waals surface area contributed by atoms with E-state index in [1.807, 2.05) is 0 Å². The minimum absolute atomic E-state index is 0.225. The van der Waals surface area contributed by atoms with E-state index in [4.69, 9.17) is 6.42 Å². The smallest absolute Gasteiger partial charge is 0.262 e. The molecule has 1 N–H and O–H groups in total. The summed E-state index contributed by atoms with van der Waals surface area (Å²) in [5, 5.41) is 3.52. The van der Waals surface area contributed by atoms with Gasteiger partial charge in [-0.05, 0) is 30.5 Å². The summed E-state index contributed by atoms with van der Waals surface area (Å²) in [6, 6.07) is 5.87. The lowest BCUT2D eigenvalue weighted by Gasteiger charge is -2.04. The van der Waals surface area contributed by atoms with Crippen LogP contribution in [0.1, 0.15) is 16.6 Å². The molecule has 1 atom stereocenters. The van der Waals surface area contributed by atoms with Gasteiger partial charge in [0.2, 0.25) is 0 Å². The van der Waals surface area contributed by atoms with E-state index in [0.717, 1.165) is 10.1 Å². The van der Waals surface area contributed by atoms with Gasteiger partial charge in [0, 0.05) is 4.70 Å². The molecule has 0 saturated carbocycles. The number of hydrogen-bond acceptors (Lipinski definition) is 2. The maximum absolute atomic E-state index is 13.0. The molecular weight excluding hydrogens is 237 g/mol. The van der Waals surface area contributed by atoms with Gasteiger partial charge >= 0.3 is 0 Å². The minimum Gasteiger partial charge on any atom is -0.338 e. The molecule has 1 unspecified atom stereocenters. The molecule has 0 fully saturated rings. The van der Waals surface area contributed by atoms with Crippen LogP contribution in [-0.4, -0.2) is 11.9 Å². The van der Waals surface area contributed by atoms with Crippen molar-refractivity contribution < 1.29 is 9.18 Å². The van der Waals surface area contributed by atoms with E-state index in [2.05, 4.69) is 11.2 Å². The lowest BCUT2D eigenvalue weighted by Crippen LogP contribution is -2.30. The molecule has 2 aromatic rings. The van der Waals surface area contributed by atoms with E-state index < -0.39 is 0 Å². The molecule has 86 valence electrons. The van der Waals surface area contributed by atoms with Crippen molar-refractivity contribution in [3.05, 3.63) is 35.0 Å². The first-order chi connectivity index (χ1) is 8.10.